The molecule has 9 rings (SSSR count). The first-order valence-corrected chi connectivity index (χ1v) is 25.3. The number of aromatic nitrogens is 9. The molecule has 388 valence electrons. The van der Waals surface area contributed by atoms with Crippen LogP contribution in [0.3, 0.4) is 0 Å². The highest BCUT2D eigenvalue weighted by Crippen LogP contribution is 2.42. The Bertz CT molecular complexity index is 3120. The van der Waals surface area contributed by atoms with Crippen LogP contribution in [-0.2, 0) is 29.0 Å². The van der Waals surface area contributed by atoms with Gasteiger partial charge in [0, 0.05) is 99.1 Å². The predicted molar refractivity (Wildman–Crippen MR) is 276 cm³/mol. The number of rotatable bonds is 21. The molecular weight excluding hydrogens is 949 g/mol. The van der Waals surface area contributed by atoms with Gasteiger partial charge in [0.15, 0.2) is 5.43 Å². The Hall–Kier alpha value is -8.05. The summed E-state index contributed by atoms with van der Waals surface area (Å²) in [5.74, 6) is -0.302. The number of anilines is 4. The van der Waals surface area contributed by atoms with E-state index in [2.05, 4.69) is 32.9 Å². The quantitative estimate of drug-likeness (QED) is 0.0501. The van der Waals surface area contributed by atoms with Crippen molar-refractivity contribution in [3.8, 4) is 28.2 Å². The Morgan fingerprint density at radius 3 is 2.14 bits per heavy atom. The standard InChI is InChI=1S/C51H62N16O7/c1-2-3-8-35-31-67(61-59-35)42(10-5-7-18-53)47(71)63-21-25-65(26-22-63)51-56-49(55-50(57-51)64-23-19-62(20-24-64)45(70)32-66-30-34(58-60-66)9-4-6-17-52)54-33-11-14-38(41(27-33)48(72)73)46-39-15-12-36(68)28-43(39)74-44-29-37(69)13-16-40(44)46/h11-16,27-31,42,68H,2-10,17-26,32,52-53H2,1H3,(H,72,73)(H,54,55,56,57)/t42-/m0/s1. The number of nitrogens with one attached hydrogen (secondary N) is 1. The summed E-state index contributed by atoms with van der Waals surface area (Å²) < 4.78 is 9.29. The number of phenols is 1. The number of hydrogen-bond donors (Lipinski definition) is 5. The van der Waals surface area contributed by atoms with E-state index < -0.39 is 12.0 Å². The monoisotopic (exact) mass is 1010 g/mol. The van der Waals surface area contributed by atoms with Crippen LogP contribution in [0.1, 0.15) is 79.7 Å². The molecule has 1 atom stereocenters. The van der Waals surface area contributed by atoms with E-state index >= 15 is 0 Å². The van der Waals surface area contributed by atoms with Gasteiger partial charge in [0.1, 0.15) is 29.7 Å². The first kappa shape index (κ1) is 50.9. The molecule has 23 heteroatoms. The topological polar surface area (TPSA) is 299 Å². The number of aromatic carboxylic acids is 1. The fourth-order valence-corrected chi connectivity index (χ4v) is 9.49. The number of hydrogen-bond acceptors (Lipinski definition) is 18. The molecule has 0 radical (unpaired) electrons. The maximum Gasteiger partial charge on any atom is 0.336 e. The Morgan fingerprint density at radius 1 is 0.743 bits per heavy atom. The molecule has 7 N–H and O–H groups in total. The van der Waals surface area contributed by atoms with Gasteiger partial charge in [-0.1, -0.05) is 29.8 Å². The van der Waals surface area contributed by atoms with E-state index in [1.807, 2.05) is 20.9 Å². The van der Waals surface area contributed by atoms with Crippen molar-refractivity contribution in [3.63, 3.8) is 0 Å². The maximum absolute atomic E-state index is 14.3. The minimum Gasteiger partial charge on any atom is -0.508 e. The lowest BCUT2D eigenvalue weighted by Gasteiger charge is -2.37. The summed E-state index contributed by atoms with van der Waals surface area (Å²) in [7, 11) is 0. The van der Waals surface area contributed by atoms with Gasteiger partial charge in [-0.05, 0) is 106 Å². The Kier molecular flexibility index (Phi) is 16.0. The number of piperazine rings is 2. The Balaban J connectivity index is 0.977. The smallest absolute Gasteiger partial charge is 0.336 e. The fraction of sp³-hybridized carbons (Fsp3) is 0.431. The fourth-order valence-electron chi connectivity index (χ4n) is 9.49. The average molecular weight is 1010 g/mol. The van der Waals surface area contributed by atoms with Gasteiger partial charge in [0.25, 0.3) is 0 Å². The Labute approximate surface area is 426 Å². The van der Waals surface area contributed by atoms with E-state index in [9.17, 15) is 29.4 Å². The summed E-state index contributed by atoms with van der Waals surface area (Å²) in [6, 6.07) is 13.2. The zero-order valence-electron chi connectivity index (χ0n) is 41.5. The van der Waals surface area contributed by atoms with Gasteiger partial charge in [-0.15, -0.1) is 10.2 Å². The Morgan fingerprint density at radius 2 is 1.42 bits per heavy atom. The molecule has 3 aromatic heterocycles. The van der Waals surface area contributed by atoms with Crippen LogP contribution in [0.15, 0.2) is 76.2 Å². The summed E-state index contributed by atoms with van der Waals surface area (Å²) >= 11 is 0. The van der Waals surface area contributed by atoms with Gasteiger partial charge in [0.2, 0.25) is 29.7 Å². The number of carboxylic acids is 1. The van der Waals surface area contributed by atoms with Crippen LogP contribution < -0.4 is 32.0 Å². The number of aromatic hydroxyl groups is 1. The van der Waals surface area contributed by atoms with Crippen LogP contribution in [0.4, 0.5) is 23.5 Å². The third-order valence-corrected chi connectivity index (χ3v) is 13.5. The molecule has 2 fully saturated rings. The number of amides is 2. The number of nitrogens with two attached hydrogens (primary N) is 2. The molecule has 0 unspecified atom stereocenters. The van der Waals surface area contributed by atoms with Crippen molar-refractivity contribution in [2.75, 3.05) is 80.6 Å². The van der Waals surface area contributed by atoms with E-state index in [-0.39, 0.29) is 52.4 Å². The minimum absolute atomic E-state index is 0.0385. The van der Waals surface area contributed by atoms with Crippen molar-refractivity contribution in [2.45, 2.75) is 77.3 Å². The van der Waals surface area contributed by atoms with Gasteiger partial charge < -0.3 is 51.0 Å². The van der Waals surface area contributed by atoms with Crippen LogP contribution >= 0.6 is 0 Å². The van der Waals surface area contributed by atoms with E-state index in [0.717, 1.165) is 62.8 Å². The average Bonchev–Trinajstić information content (AvgIpc) is 4.08. The van der Waals surface area contributed by atoms with E-state index in [1.165, 1.54) is 30.3 Å². The number of phenolic OH excluding ortho intramolecular Hbond substituents is 1. The van der Waals surface area contributed by atoms with Crippen molar-refractivity contribution in [1.29, 1.82) is 0 Å². The molecule has 1 aliphatic carbocycles. The lowest BCUT2D eigenvalue weighted by atomic mass is 9.90. The minimum atomic E-state index is -1.21. The molecule has 74 heavy (non-hydrogen) atoms. The molecule has 2 amide bonds. The van der Waals surface area contributed by atoms with Crippen LogP contribution in [0, 0.1) is 0 Å². The van der Waals surface area contributed by atoms with Gasteiger partial charge in [-0.2, -0.15) is 15.0 Å². The summed E-state index contributed by atoms with van der Waals surface area (Å²) in [6.45, 7) is 6.56. The first-order chi connectivity index (χ1) is 36.0. The van der Waals surface area contributed by atoms with Crippen molar-refractivity contribution >= 4 is 52.3 Å². The van der Waals surface area contributed by atoms with Crippen molar-refractivity contribution in [3.05, 3.63) is 94.2 Å². The van der Waals surface area contributed by atoms with Crippen molar-refractivity contribution < 1.29 is 29.0 Å². The van der Waals surface area contributed by atoms with Crippen molar-refractivity contribution in [1.82, 2.24) is 54.7 Å². The maximum atomic E-state index is 14.3. The van der Waals surface area contributed by atoms with Crippen molar-refractivity contribution in [2.24, 2.45) is 11.5 Å². The third kappa shape index (κ3) is 11.7. The second kappa shape index (κ2) is 23.2. The summed E-state index contributed by atoms with van der Waals surface area (Å²) in [5, 5.41) is 42.0. The summed E-state index contributed by atoms with van der Waals surface area (Å²) in [5.41, 5.74) is 14.8. The second-order valence-corrected chi connectivity index (χ2v) is 18.7. The van der Waals surface area contributed by atoms with Crippen LogP contribution in [0.25, 0.3) is 33.4 Å². The SMILES string of the molecule is CCCCc1cn([C@@H](CCCCN)C(=O)N2CCN(c3nc(Nc4ccc(-c5c6ccc(=O)cc-6oc6cc(O)ccc56)c(C(=O)O)c4)nc(N4CCN(C(=O)Cn5cc(CCCCN)nn5)CC4)n3)CC2)nn1. The lowest BCUT2D eigenvalue weighted by Crippen LogP contribution is -2.51. The highest BCUT2D eigenvalue weighted by molar-refractivity contribution is 6.08. The number of carbonyl (C=O) groups excluding carboxylic acids is 2. The number of fused-ring (bicyclic) bond motifs is 2. The molecule has 5 aromatic rings. The molecule has 4 aliphatic rings. The van der Waals surface area contributed by atoms with Crippen LogP contribution in [0.2, 0.25) is 0 Å². The molecule has 0 bridgehead atoms. The predicted octanol–water partition coefficient (Wildman–Crippen LogP) is 4.07. The number of benzene rings is 3. The van der Waals surface area contributed by atoms with Gasteiger partial charge in [-0.25, -0.2) is 14.2 Å². The third-order valence-electron chi connectivity index (χ3n) is 13.5. The second-order valence-electron chi connectivity index (χ2n) is 18.7. The zero-order chi connectivity index (χ0) is 51.7. The number of carbonyl (C=O) groups is 3. The number of unbranched alkanes of at least 4 members (excludes halogenated alkanes) is 3. The molecule has 0 saturated carbocycles. The largest absolute Gasteiger partial charge is 0.508 e. The summed E-state index contributed by atoms with van der Waals surface area (Å²) in [4.78, 5) is 75.6. The van der Waals surface area contributed by atoms with Crippen LogP contribution in [-0.4, -0.2) is 148 Å². The zero-order valence-corrected chi connectivity index (χ0v) is 41.5. The van der Waals surface area contributed by atoms with Gasteiger partial charge >= 0.3 is 5.97 Å². The highest BCUT2D eigenvalue weighted by atomic mass is 16.4. The number of carboxylic acid groups (broad SMARTS) is 1. The molecule has 2 saturated heterocycles. The summed E-state index contributed by atoms with van der Waals surface area (Å²) in [6.07, 6.45) is 11.1. The molecular formula is C51H62N16O7. The molecule has 2 aromatic carbocycles. The molecule has 6 heterocycles. The normalized spacial score (nSPS) is 14.5. The van der Waals surface area contributed by atoms with E-state index in [4.69, 9.17) is 30.8 Å². The van der Waals surface area contributed by atoms with Gasteiger partial charge in [-0.3, -0.25) is 14.4 Å². The van der Waals surface area contributed by atoms with Crippen LogP contribution in [0.5, 0.6) is 5.75 Å². The number of nitrogens with zero attached hydrogens (tertiary/aromatic N) is 13. The highest BCUT2D eigenvalue weighted by Gasteiger charge is 2.32. The van der Waals surface area contributed by atoms with Gasteiger partial charge in [0.05, 0.1) is 17.0 Å². The lowest BCUT2D eigenvalue weighted by molar-refractivity contribution is -0.135. The first-order valence-electron chi connectivity index (χ1n) is 25.3. The van der Waals surface area contributed by atoms with E-state index in [1.54, 1.807) is 44.7 Å². The number of aryl methyl sites for hydroxylation is 2. The molecule has 0 spiro atoms. The van der Waals surface area contributed by atoms with E-state index in [0.29, 0.717) is 112 Å². The molecule has 3 aliphatic heterocycles. The molecule has 23 nitrogen and oxygen atoms in total.